The van der Waals surface area contributed by atoms with Crippen molar-refractivity contribution in [1.29, 1.82) is 0 Å². The molecule has 0 radical (unpaired) electrons. The van der Waals surface area contributed by atoms with Crippen LogP contribution in [0.2, 0.25) is 0 Å². The highest BCUT2D eigenvalue weighted by Crippen LogP contribution is 2.43. The molecule has 0 aliphatic carbocycles. The molecule has 0 saturated heterocycles. The van der Waals surface area contributed by atoms with Gasteiger partial charge >= 0.3 is 19.8 Å². The summed E-state index contributed by atoms with van der Waals surface area (Å²) in [6, 6.07) is 0. The van der Waals surface area contributed by atoms with Gasteiger partial charge in [-0.1, -0.05) is 141 Å². The molecule has 52 heavy (non-hydrogen) atoms. The molecule has 0 fully saturated rings. The van der Waals surface area contributed by atoms with Gasteiger partial charge in [-0.25, -0.2) is 4.57 Å². The van der Waals surface area contributed by atoms with Crippen LogP contribution in [0.25, 0.3) is 0 Å². The highest BCUT2D eigenvalue weighted by Gasteiger charge is 2.27. The molecule has 306 valence electrons. The van der Waals surface area contributed by atoms with Crippen LogP contribution in [0, 0.1) is 0 Å². The van der Waals surface area contributed by atoms with Gasteiger partial charge in [-0.3, -0.25) is 18.6 Å². The predicted octanol–water partition coefficient (Wildman–Crippen LogP) is 10.6. The van der Waals surface area contributed by atoms with Crippen molar-refractivity contribution in [1.82, 2.24) is 0 Å². The van der Waals surface area contributed by atoms with E-state index in [1.54, 1.807) is 0 Å². The first-order chi connectivity index (χ1) is 25.3. The summed E-state index contributed by atoms with van der Waals surface area (Å²) in [6.45, 7) is 2.13. The normalized spacial score (nSPS) is 14.2. The first-order valence-corrected chi connectivity index (χ1v) is 22.3. The third-order valence-corrected chi connectivity index (χ3v) is 9.82. The molecule has 3 atom stereocenters. The number of allylic oxidation sites excluding steroid dienone is 4. The highest BCUT2D eigenvalue weighted by molar-refractivity contribution is 7.47. The molecule has 0 spiro atoms. The van der Waals surface area contributed by atoms with Crippen molar-refractivity contribution >= 4 is 19.8 Å². The summed E-state index contributed by atoms with van der Waals surface area (Å²) in [7, 11) is -4.63. The molecular formula is C41H77O10P. The molecule has 3 N–H and O–H groups in total. The Hall–Kier alpha value is -1.55. The number of hydrogen-bond donors (Lipinski definition) is 3. The molecule has 0 rings (SSSR count). The first-order valence-electron chi connectivity index (χ1n) is 20.8. The second kappa shape index (κ2) is 37.8. The van der Waals surface area contributed by atoms with Crippen molar-refractivity contribution in [2.75, 3.05) is 26.4 Å². The van der Waals surface area contributed by atoms with Crippen LogP contribution in [0.15, 0.2) is 24.3 Å². The lowest BCUT2D eigenvalue weighted by molar-refractivity contribution is -0.153. The van der Waals surface area contributed by atoms with Crippen molar-refractivity contribution in [2.24, 2.45) is 0 Å². The Labute approximate surface area is 317 Å². The van der Waals surface area contributed by atoms with Gasteiger partial charge in [0, 0.05) is 12.8 Å². The van der Waals surface area contributed by atoms with Crippen molar-refractivity contribution in [3.8, 4) is 0 Å². The summed E-state index contributed by atoms with van der Waals surface area (Å²) < 4.78 is 32.5. The van der Waals surface area contributed by atoms with Gasteiger partial charge in [0.1, 0.15) is 12.2 Å². The molecule has 11 heteroatoms. The molecule has 3 unspecified atom stereocenters. The van der Waals surface area contributed by atoms with Gasteiger partial charge < -0.3 is 24.6 Å². The number of esters is 2. The lowest BCUT2D eigenvalue weighted by atomic mass is 10.1. The number of rotatable bonds is 39. The number of ether oxygens (including phenoxy) is 2. The number of hydrogen-bond acceptors (Lipinski definition) is 9. The van der Waals surface area contributed by atoms with Gasteiger partial charge in [-0.15, -0.1) is 0 Å². The Morgan fingerprint density at radius 2 is 0.827 bits per heavy atom. The fraction of sp³-hybridized carbons (Fsp3) is 0.854. The smallest absolute Gasteiger partial charge is 0.457 e. The number of phosphoric ester groups is 1. The molecule has 0 heterocycles. The van der Waals surface area contributed by atoms with Crippen molar-refractivity contribution in [3.63, 3.8) is 0 Å². The fourth-order valence-electron chi connectivity index (χ4n) is 5.64. The van der Waals surface area contributed by atoms with Gasteiger partial charge in [-0.2, -0.15) is 0 Å². The van der Waals surface area contributed by atoms with Gasteiger partial charge in [0.15, 0.2) is 0 Å². The van der Waals surface area contributed by atoms with Gasteiger partial charge in [0.2, 0.25) is 0 Å². The fourth-order valence-corrected chi connectivity index (χ4v) is 6.42. The maximum atomic E-state index is 12.3. The molecule has 0 aromatic rings. The first kappa shape index (κ1) is 50.5. The van der Waals surface area contributed by atoms with E-state index in [9.17, 15) is 29.3 Å². The molecule has 0 aromatic carbocycles. The number of aliphatic hydroxyl groups is 2. The van der Waals surface area contributed by atoms with E-state index in [1.807, 2.05) is 0 Å². The maximum absolute atomic E-state index is 12.3. The predicted molar refractivity (Wildman–Crippen MR) is 210 cm³/mol. The van der Waals surface area contributed by atoms with E-state index < -0.39 is 58.4 Å². The van der Waals surface area contributed by atoms with Crippen molar-refractivity contribution < 1.29 is 47.8 Å². The van der Waals surface area contributed by atoms with E-state index in [0.717, 1.165) is 64.2 Å². The number of phosphoric acid groups is 1. The number of carbonyl (C=O) groups excluding carboxylic acids is 2. The molecule has 0 aromatic heterocycles. The average Bonchev–Trinajstić information content (AvgIpc) is 3.13. The van der Waals surface area contributed by atoms with Crippen LogP contribution in [-0.2, 0) is 32.7 Å². The Kier molecular flexibility index (Phi) is 36.6. The molecule has 0 bridgehead atoms. The van der Waals surface area contributed by atoms with Crippen LogP contribution in [0.4, 0.5) is 0 Å². The second-order valence-electron chi connectivity index (χ2n) is 14.0. The molecule has 10 nitrogen and oxygen atoms in total. The van der Waals surface area contributed by atoms with Crippen molar-refractivity contribution in [2.45, 2.75) is 199 Å². The zero-order valence-corrected chi connectivity index (χ0v) is 33.9. The van der Waals surface area contributed by atoms with Crippen LogP contribution in [0.1, 0.15) is 187 Å². The largest absolute Gasteiger partial charge is 0.472 e. The Bertz CT molecular complexity index is 925. The Morgan fingerprint density at radius 1 is 0.500 bits per heavy atom. The standard InChI is InChI=1S/C41H77O10P/c1-3-5-7-9-11-13-15-16-17-18-19-20-21-22-23-25-27-29-31-33-41(45)51-39(35-43)37-49-52(46,47)48-36-38(34-42)50-40(44)32-30-28-26-24-14-12-10-8-6-4-2/h8,10,16-17,38-39,42-43H,3-7,9,11-15,18-37H2,1-2H3,(H,46,47)/b10-8-,17-16-. The van der Waals surface area contributed by atoms with Gasteiger partial charge in [0.05, 0.1) is 26.4 Å². The van der Waals surface area contributed by atoms with Crippen LogP contribution < -0.4 is 0 Å². The number of unbranched alkanes of at least 4 members (excludes halogenated alkanes) is 21. The zero-order chi connectivity index (χ0) is 38.4. The van der Waals surface area contributed by atoms with Crippen LogP contribution in [0.3, 0.4) is 0 Å². The Balaban J connectivity index is 3.90. The minimum Gasteiger partial charge on any atom is -0.457 e. The highest BCUT2D eigenvalue weighted by atomic mass is 31.2. The van der Waals surface area contributed by atoms with E-state index in [0.29, 0.717) is 12.8 Å². The summed E-state index contributed by atoms with van der Waals surface area (Å²) in [6.07, 6.45) is 35.9. The summed E-state index contributed by atoms with van der Waals surface area (Å²) in [5, 5.41) is 19.1. The number of aliphatic hydroxyl groups excluding tert-OH is 2. The summed E-state index contributed by atoms with van der Waals surface area (Å²) in [5.74, 6) is -1.03. The monoisotopic (exact) mass is 761 g/mol. The summed E-state index contributed by atoms with van der Waals surface area (Å²) in [5.41, 5.74) is 0. The van der Waals surface area contributed by atoms with E-state index in [2.05, 4.69) is 38.2 Å². The number of carbonyl (C=O) groups is 2. The van der Waals surface area contributed by atoms with E-state index in [1.165, 1.54) is 83.5 Å². The average molecular weight is 761 g/mol. The molecule has 0 aliphatic heterocycles. The molecular weight excluding hydrogens is 683 g/mol. The third-order valence-electron chi connectivity index (χ3n) is 8.87. The summed E-state index contributed by atoms with van der Waals surface area (Å²) >= 11 is 0. The lowest BCUT2D eigenvalue weighted by Crippen LogP contribution is -2.28. The molecule has 0 saturated carbocycles. The molecule has 0 aliphatic rings. The third kappa shape index (κ3) is 35.5. The van der Waals surface area contributed by atoms with E-state index in [4.69, 9.17) is 18.5 Å². The van der Waals surface area contributed by atoms with Crippen LogP contribution >= 0.6 is 7.82 Å². The van der Waals surface area contributed by atoms with Gasteiger partial charge in [0.25, 0.3) is 0 Å². The quantitative estimate of drug-likeness (QED) is 0.0239. The topological polar surface area (TPSA) is 149 Å². The van der Waals surface area contributed by atoms with Crippen molar-refractivity contribution in [3.05, 3.63) is 24.3 Å². The minimum absolute atomic E-state index is 0.182. The van der Waals surface area contributed by atoms with Crippen LogP contribution in [0.5, 0.6) is 0 Å². The summed E-state index contributed by atoms with van der Waals surface area (Å²) in [4.78, 5) is 34.4. The SMILES string of the molecule is CCC/C=C\CCCCCCCC(=O)OC(CO)COP(=O)(O)OCC(CO)OC(=O)CCCCCCCCCCC/C=C\CCCCCCCC. The minimum atomic E-state index is -4.63. The maximum Gasteiger partial charge on any atom is 0.472 e. The lowest BCUT2D eigenvalue weighted by Gasteiger charge is -2.20. The van der Waals surface area contributed by atoms with Crippen LogP contribution in [-0.4, -0.2) is 65.7 Å². The zero-order valence-electron chi connectivity index (χ0n) is 33.0. The van der Waals surface area contributed by atoms with Gasteiger partial charge in [-0.05, 0) is 57.8 Å². The van der Waals surface area contributed by atoms with E-state index >= 15 is 0 Å². The molecule has 0 amide bonds. The second-order valence-corrected chi connectivity index (χ2v) is 15.4. The van der Waals surface area contributed by atoms with E-state index in [-0.39, 0.29) is 12.8 Å². The Morgan fingerprint density at radius 3 is 1.17 bits per heavy atom.